The molecule has 0 aromatic heterocycles. The van der Waals surface area contributed by atoms with Crippen molar-refractivity contribution < 1.29 is 22.7 Å². The molecule has 0 spiro atoms. The van der Waals surface area contributed by atoms with Gasteiger partial charge in [-0.3, -0.25) is 9.10 Å². The number of hydrogen-bond donors (Lipinski definition) is 1. The molecule has 0 bridgehead atoms. The number of carbonyl (C=O) groups is 1. The van der Waals surface area contributed by atoms with Gasteiger partial charge in [0.25, 0.3) is 15.9 Å². The van der Waals surface area contributed by atoms with Crippen LogP contribution in [0.5, 0.6) is 5.75 Å². The SMILES string of the molecule is COC[C@@H](C)NC(=O)c1ccccc1N(Cc1ccccc1)S(=O)(=O)c1ccc(OC)cc1. The Balaban J connectivity index is 2.08. The monoisotopic (exact) mass is 468 g/mol. The van der Waals surface area contributed by atoms with Crippen molar-refractivity contribution in [1.29, 1.82) is 0 Å². The number of carbonyl (C=O) groups excluding carboxylic acids is 1. The molecule has 1 N–H and O–H groups in total. The third-order valence-corrected chi connectivity index (χ3v) is 6.80. The van der Waals surface area contributed by atoms with Crippen molar-refractivity contribution in [3.63, 3.8) is 0 Å². The van der Waals surface area contributed by atoms with Crippen LogP contribution in [0.15, 0.2) is 83.8 Å². The molecule has 0 saturated carbocycles. The van der Waals surface area contributed by atoms with E-state index in [1.165, 1.54) is 23.5 Å². The van der Waals surface area contributed by atoms with E-state index < -0.39 is 10.0 Å². The Hall–Kier alpha value is -3.36. The van der Waals surface area contributed by atoms with Gasteiger partial charge >= 0.3 is 0 Å². The highest BCUT2D eigenvalue weighted by atomic mass is 32.2. The number of amides is 1. The van der Waals surface area contributed by atoms with Crippen LogP contribution in [-0.2, 0) is 21.3 Å². The number of benzene rings is 3. The third kappa shape index (κ3) is 5.91. The first-order chi connectivity index (χ1) is 15.9. The molecule has 0 fully saturated rings. The average molecular weight is 469 g/mol. The highest BCUT2D eigenvalue weighted by Crippen LogP contribution is 2.30. The minimum Gasteiger partial charge on any atom is -0.497 e. The van der Waals surface area contributed by atoms with E-state index in [1.807, 2.05) is 37.3 Å². The fourth-order valence-electron chi connectivity index (χ4n) is 3.40. The summed E-state index contributed by atoms with van der Waals surface area (Å²) in [4.78, 5) is 13.1. The number of nitrogens with one attached hydrogen (secondary N) is 1. The highest BCUT2D eigenvalue weighted by molar-refractivity contribution is 7.92. The van der Waals surface area contributed by atoms with Gasteiger partial charge in [0.2, 0.25) is 0 Å². The Morgan fingerprint density at radius 1 is 0.939 bits per heavy atom. The molecule has 7 nitrogen and oxygen atoms in total. The zero-order valence-corrected chi connectivity index (χ0v) is 19.7. The Kier molecular flexibility index (Phi) is 8.08. The van der Waals surface area contributed by atoms with Crippen LogP contribution < -0.4 is 14.4 Å². The molecule has 0 heterocycles. The Morgan fingerprint density at radius 3 is 2.21 bits per heavy atom. The van der Waals surface area contributed by atoms with Crippen LogP contribution >= 0.6 is 0 Å². The maximum Gasteiger partial charge on any atom is 0.264 e. The van der Waals surface area contributed by atoms with Crippen LogP contribution in [0.3, 0.4) is 0 Å². The van der Waals surface area contributed by atoms with Gasteiger partial charge in [0, 0.05) is 13.2 Å². The van der Waals surface area contributed by atoms with Gasteiger partial charge < -0.3 is 14.8 Å². The van der Waals surface area contributed by atoms with Gasteiger partial charge in [-0.05, 0) is 48.9 Å². The summed E-state index contributed by atoms with van der Waals surface area (Å²) in [6.07, 6.45) is 0. The van der Waals surface area contributed by atoms with Crippen molar-refractivity contribution >= 4 is 21.6 Å². The summed E-state index contributed by atoms with van der Waals surface area (Å²) in [6, 6.07) is 21.9. The lowest BCUT2D eigenvalue weighted by molar-refractivity contribution is 0.0906. The molecule has 0 aliphatic rings. The van der Waals surface area contributed by atoms with Crippen molar-refractivity contribution in [2.75, 3.05) is 25.1 Å². The molecule has 0 aliphatic carbocycles. The van der Waals surface area contributed by atoms with E-state index in [0.29, 0.717) is 18.0 Å². The lowest BCUT2D eigenvalue weighted by Gasteiger charge is -2.27. The number of anilines is 1. The molecule has 3 aromatic rings. The summed E-state index contributed by atoms with van der Waals surface area (Å²) >= 11 is 0. The molecule has 33 heavy (non-hydrogen) atoms. The molecule has 0 aliphatic heterocycles. The van der Waals surface area contributed by atoms with Crippen molar-refractivity contribution in [3.8, 4) is 5.75 Å². The molecule has 1 amide bonds. The number of hydrogen-bond acceptors (Lipinski definition) is 5. The van der Waals surface area contributed by atoms with E-state index in [9.17, 15) is 13.2 Å². The lowest BCUT2D eigenvalue weighted by atomic mass is 10.1. The first kappa shape index (κ1) is 24.3. The fourth-order valence-corrected chi connectivity index (χ4v) is 4.87. The predicted molar refractivity (Wildman–Crippen MR) is 128 cm³/mol. The number of sulfonamides is 1. The predicted octanol–water partition coefficient (Wildman–Crippen LogP) is 3.86. The van der Waals surface area contributed by atoms with Gasteiger partial charge in [-0.25, -0.2) is 8.42 Å². The van der Waals surface area contributed by atoms with Gasteiger partial charge in [-0.15, -0.1) is 0 Å². The minimum atomic E-state index is -4.00. The maximum atomic E-state index is 13.8. The van der Waals surface area contributed by atoms with E-state index in [4.69, 9.17) is 9.47 Å². The number of ether oxygens (including phenoxy) is 2. The Morgan fingerprint density at radius 2 is 1.58 bits per heavy atom. The number of para-hydroxylation sites is 1. The fraction of sp³-hybridized carbons (Fsp3) is 0.240. The van der Waals surface area contributed by atoms with Crippen molar-refractivity contribution in [2.24, 2.45) is 0 Å². The van der Waals surface area contributed by atoms with Gasteiger partial charge in [0.05, 0.1) is 36.4 Å². The molecule has 0 radical (unpaired) electrons. The van der Waals surface area contributed by atoms with Crippen LogP contribution in [0.2, 0.25) is 0 Å². The second-order valence-electron chi connectivity index (χ2n) is 7.52. The molecule has 3 rings (SSSR count). The zero-order chi connectivity index (χ0) is 23.8. The van der Waals surface area contributed by atoms with Crippen LogP contribution in [0, 0.1) is 0 Å². The van der Waals surface area contributed by atoms with Gasteiger partial charge in [-0.2, -0.15) is 0 Å². The maximum absolute atomic E-state index is 13.8. The summed E-state index contributed by atoms with van der Waals surface area (Å²) in [6.45, 7) is 2.22. The first-order valence-corrected chi connectivity index (χ1v) is 11.9. The molecular formula is C25H28N2O5S. The molecule has 3 aromatic carbocycles. The number of methoxy groups -OCH3 is 2. The largest absolute Gasteiger partial charge is 0.497 e. The van der Waals surface area contributed by atoms with E-state index in [0.717, 1.165) is 5.56 Å². The lowest BCUT2D eigenvalue weighted by Crippen LogP contribution is -2.38. The van der Waals surface area contributed by atoms with Gasteiger partial charge in [-0.1, -0.05) is 42.5 Å². The standard InChI is InChI=1S/C25H28N2O5S/c1-19(18-31-2)26-25(28)23-11-7-8-12-24(23)27(17-20-9-5-4-6-10-20)33(29,30)22-15-13-21(32-3)14-16-22/h4-16,19H,17-18H2,1-3H3,(H,26,28)/t19-/m1/s1. The molecule has 1 atom stereocenters. The van der Waals surface area contributed by atoms with Gasteiger partial charge in [0.1, 0.15) is 5.75 Å². The van der Waals surface area contributed by atoms with Crippen molar-refractivity contribution in [1.82, 2.24) is 5.32 Å². The van der Waals surface area contributed by atoms with E-state index >= 15 is 0 Å². The topological polar surface area (TPSA) is 84.9 Å². The Labute approximate surface area is 195 Å². The summed E-state index contributed by atoms with van der Waals surface area (Å²) in [5, 5.41) is 2.86. The van der Waals surface area contributed by atoms with Crippen LogP contribution in [0.4, 0.5) is 5.69 Å². The highest BCUT2D eigenvalue weighted by Gasteiger charge is 2.29. The molecular weight excluding hydrogens is 440 g/mol. The summed E-state index contributed by atoms with van der Waals surface area (Å²) in [5.41, 5.74) is 1.34. The quantitative estimate of drug-likeness (QED) is 0.489. The number of rotatable bonds is 10. The second kappa shape index (κ2) is 11.0. The van der Waals surface area contributed by atoms with Gasteiger partial charge in [0.15, 0.2) is 0 Å². The Bertz CT molecular complexity index is 1160. The normalized spacial score (nSPS) is 12.1. The molecule has 0 unspecified atom stereocenters. The third-order valence-electron chi connectivity index (χ3n) is 5.03. The summed E-state index contributed by atoms with van der Waals surface area (Å²) < 4.78 is 39.1. The van der Waals surface area contributed by atoms with Crippen LogP contribution in [0.1, 0.15) is 22.8 Å². The summed E-state index contributed by atoms with van der Waals surface area (Å²) in [5.74, 6) is 0.175. The van der Waals surface area contributed by atoms with Crippen molar-refractivity contribution in [3.05, 3.63) is 90.0 Å². The first-order valence-electron chi connectivity index (χ1n) is 10.5. The molecule has 174 valence electrons. The average Bonchev–Trinajstić information content (AvgIpc) is 2.83. The second-order valence-corrected chi connectivity index (χ2v) is 9.38. The van der Waals surface area contributed by atoms with Crippen LogP contribution in [0.25, 0.3) is 0 Å². The zero-order valence-electron chi connectivity index (χ0n) is 18.9. The summed E-state index contributed by atoms with van der Waals surface area (Å²) in [7, 11) is -0.925. The van der Waals surface area contributed by atoms with Crippen molar-refractivity contribution in [2.45, 2.75) is 24.4 Å². The van der Waals surface area contributed by atoms with E-state index in [-0.39, 0.29) is 29.0 Å². The van der Waals surface area contributed by atoms with Crippen LogP contribution in [-0.4, -0.2) is 41.2 Å². The molecule has 0 saturated heterocycles. The van der Waals surface area contributed by atoms with E-state index in [2.05, 4.69) is 5.32 Å². The minimum absolute atomic E-state index is 0.0626. The molecule has 8 heteroatoms. The smallest absolute Gasteiger partial charge is 0.264 e. The van der Waals surface area contributed by atoms with E-state index in [1.54, 1.807) is 43.5 Å². The number of nitrogens with zero attached hydrogens (tertiary/aromatic N) is 1.